The van der Waals surface area contributed by atoms with Crippen LogP contribution >= 0.6 is 24.8 Å². The molecule has 152 valence electrons. The molecule has 0 unspecified atom stereocenters. The Hall–Kier alpha value is -1.02. The number of benzene rings is 1. The predicted octanol–water partition coefficient (Wildman–Crippen LogP) is 3.53. The van der Waals surface area contributed by atoms with E-state index < -0.39 is 12.1 Å². The highest BCUT2D eigenvalue weighted by Gasteiger charge is 2.38. The summed E-state index contributed by atoms with van der Waals surface area (Å²) in [5.41, 5.74) is 6.99. The molecule has 0 aliphatic rings. The molecule has 1 aromatic carbocycles. The minimum absolute atomic E-state index is 0. The first-order chi connectivity index (χ1) is 11.3. The fourth-order valence-electron chi connectivity index (χ4n) is 2.26. The Labute approximate surface area is 165 Å². The minimum atomic E-state index is -4.81. The average Bonchev–Trinajstić information content (AvgIpc) is 2.51. The minimum Gasteiger partial charge on any atom is -0.348 e. The van der Waals surface area contributed by atoms with Gasteiger partial charge in [0.05, 0.1) is 0 Å². The molecule has 1 aromatic rings. The third-order valence-corrected chi connectivity index (χ3v) is 3.59. The topological polar surface area (TPSA) is 58.4 Å². The second kappa shape index (κ2) is 14.1. The lowest BCUT2D eigenvalue weighted by Gasteiger charge is -2.23. The normalized spacial score (nSPS) is 12.1. The lowest BCUT2D eigenvalue weighted by molar-refractivity contribution is -0.173. The molecule has 0 spiro atoms. The highest BCUT2D eigenvalue weighted by Crippen LogP contribution is 2.14. The van der Waals surface area contributed by atoms with Crippen LogP contribution in [0, 0.1) is 0 Å². The number of halogens is 5. The van der Waals surface area contributed by atoms with Gasteiger partial charge in [0.1, 0.15) is 0 Å². The van der Waals surface area contributed by atoms with Crippen LogP contribution in [0.3, 0.4) is 0 Å². The number of nitrogens with zero attached hydrogens (tertiary/aromatic N) is 1. The zero-order valence-corrected chi connectivity index (χ0v) is 16.4. The number of rotatable bonds is 10. The van der Waals surface area contributed by atoms with E-state index in [-0.39, 0.29) is 37.4 Å². The largest absolute Gasteiger partial charge is 0.471 e. The summed E-state index contributed by atoms with van der Waals surface area (Å²) in [5.74, 6) is -1.87. The first-order valence-electron chi connectivity index (χ1n) is 8.16. The Balaban J connectivity index is 0. The van der Waals surface area contributed by atoms with Gasteiger partial charge in [-0.3, -0.25) is 9.69 Å². The predicted molar refractivity (Wildman–Crippen MR) is 103 cm³/mol. The Morgan fingerprint density at radius 3 is 2.31 bits per heavy atom. The number of unbranched alkanes of at least 4 members (excludes halogenated alkanes) is 1. The molecule has 0 heterocycles. The molecule has 0 fully saturated rings. The molecule has 0 aliphatic heterocycles. The average molecular weight is 418 g/mol. The van der Waals surface area contributed by atoms with Gasteiger partial charge in [0.2, 0.25) is 0 Å². The number of carbonyl (C=O) groups is 1. The number of amides is 1. The summed E-state index contributed by atoms with van der Waals surface area (Å²) in [6.45, 7) is 4.35. The van der Waals surface area contributed by atoms with E-state index in [1.54, 1.807) is 0 Å². The number of nitrogens with one attached hydrogen (secondary N) is 1. The van der Waals surface area contributed by atoms with Crippen LogP contribution in [0.4, 0.5) is 13.2 Å². The number of hydrogen-bond donors (Lipinski definition) is 2. The van der Waals surface area contributed by atoms with Crippen molar-refractivity contribution in [1.82, 2.24) is 10.2 Å². The van der Waals surface area contributed by atoms with Gasteiger partial charge in [-0.15, -0.1) is 24.8 Å². The molecule has 0 aliphatic carbocycles. The first kappa shape index (κ1) is 27.2. The number of alkyl halides is 3. The summed E-state index contributed by atoms with van der Waals surface area (Å²) >= 11 is 0. The van der Waals surface area contributed by atoms with Gasteiger partial charge in [-0.2, -0.15) is 13.2 Å². The molecule has 0 aromatic heterocycles. The quantitative estimate of drug-likeness (QED) is 0.572. The standard InChI is InChI=1S/C17H26F3N3O.2ClH/c1-14(21)9-12-23(13-15-7-3-2-4-8-15)11-6-5-10-22-16(24)17(18,19)20;;/h2-4,7-8,14H,5-6,9-13,21H2,1H3,(H,22,24);2*1H/t14-;;/m1../s1. The van der Waals surface area contributed by atoms with Crippen molar-refractivity contribution in [2.24, 2.45) is 5.73 Å². The van der Waals surface area contributed by atoms with Crippen molar-refractivity contribution < 1.29 is 18.0 Å². The van der Waals surface area contributed by atoms with Gasteiger partial charge < -0.3 is 11.1 Å². The first-order valence-corrected chi connectivity index (χ1v) is 8.16. The molecule has 9 heteroatoms. The Morgan fingerprint density at radius 2 is 1.77 bits per heavy atom. The fraction of sp³-hybridized carbons (Fsp3) is 0.588. The van der Waals surface area contributed by atoms with E-state index in [4.69, 9.17) is 5.73 Å². The molecule has 1 atom stereocenters. The van der Waals surface area contributed by atoms with Crippen LogP contribution in [0.1, 0.15) is 31.7 Å². The maximum atomic E-state index is 12.1. The SMILES string of the molecule is C[C@@H](N)CCN(CCCCNC(=O)C(F)(F)F)Cc1ccccc1.Cl.Cl. The molecule has 3 N–H and O–H groups in total. The van der Waals surface area contributed by atoms with Crippen LogP contribution < -0.4 is 11.1 Å². The summed E-state index contributed by atoms with van der Waals surface area (Å²) in [7, 11) is 0. The van der Waals surface area contributed by atoms with Crippen molar-refractivity contribution in [3.8, 4) is 0 Å². The Morgan fingerprint density at radius 1 is 1.15 bits per heavy atom. The van der Waals surface area contributed by atoms with Crippen molar-refractivity contribution in [2.75, 3.05) is 19.6 Å². The molecule has 1 amide bonds. The van der Waals surface area contributed by atoms with E-state index in [9.17, 15) is 18.0 Å². The molecular formula is C17H28Cl2F3N3O. The maximum absolute atomic E-state index is 12.1. The highest BCUT2D eigenvalue weighted by molar-refractivity contribution is 5.85. The van der Waals surface area contributed by atoms with Crippen molar-refractivity contribution in [1.29, 1.82) is 0 Å². The summed E-state index contributed by atoms with van der Waals surface area (Å²) in [6.07, 6.45) is -2.73. The lowest BCUT2D eigenvalue weighted by Crippen LogP contribution is -2.37. The van der Waals surface area contributed by atoms with Crippen molar-refractivity contribution in [3.63, 3.8) is 0 Å². The third kappa shape index (κ3) is 12.4. The molecular weight excluding hydrogens is 390 g/mol. The van der Waals surface area contributed by atoms with Gasteiger partial charge in [-0.1, -0.05) is 30.3 Å². The van der Waals surface area contributed by atoms with E-state index in [1.807, 2.05) is 42.6 Å². The van der Waals surface area contributed by atoms with Crippen LogP contribution in [0.25, 0.3) is 0 Å². The summed E-state index contributed by atoms with van der Waals surface area (Å²) < 4.78 is 36.2. The van der Waals surface area contributed by atoms with Crippen LogP contribution in [-0.4, -0.2) is 42.7 Å². The summed E-state index contributed by atoms with van der Waals surface area (Å²) in [5, 5.41) is 1.89. The molecule has 0 bridgehead atoms. The number of hydrogen-bond acceptors (Lipinski definition) is 3. The molecule has 0 radical (unpaired) electrons. The van der Waals surface area contributed by atoms with E-state index in [1.165, 1.54) is 5.56 Å². The van der Waals surface area contributed by atoms with Gasteiger partial charge in [-0.05, 0) is 44.8 Å². The maximum Gasteiger partial charge on any atom is 0.471 e. The van der Waals surface area contributed by atoms with Gasteiger partial charge in [0.15, 0.2) is 0 Å². The third-order valence-electron chi connectivity index (χ3n) is 3.59. The van der Waals surface area contributed by atoms with Crippen LogP contribution in [-0.2, 0) is 11.3 Å². The number of carbonyl (C=O) groups excluding carboxylic acids is 1. The second-order valence-corrected chi connectivity index (χ2v) is 5.99. The molecule has 1 rings (SSSR count). The van der Waals surface area contributed by atoms with E-state index in [0.29, 0.717) is 12.8 Å². The highest BCUT2D eigenvalue weighted by atomic mass is 35.5. The smallest absolute Gasteiger partial charge is 0.348 e. The second-order valence-electron chi connectivity index (χ2n) is 5.99. The van der Waals surface area contributed by atoms with E-state index >= 15 is 0 Å². The Bertz CT molecular complexity index is 488. The molecule has 4 nitrogen and oxygen atoms in total. The van der Waals surface area contributed by atoms with Gasteiger partial charge in [0, 0.05) is 19.1 Å². The van der Waals surface area contributed by atoms with E-state index in [2.05, 4.69) is 4.90 Å². The van der Waals surface area contributed by atoms with Crippen LogP contribution in [0.5, 0.6) is 0 Å². The van der Waals surface area contributed by atoms with Crippen molar-refractivity contribution in [2.45, 2.75) is 44.9 Å². The zero-order valence-electron chi connectivity index (χ0n) is 14.8. The Kier molecular flexibility index (Phi) is 14.7. The zero-order chi connectivity index (χ0) is 18.0. The fourth-order valence-corrected chi connectivity index (χ4v) is 2.26. The number of nitrogens with two attached hydrogens (primary N) is 1. The lowest BCUT2D eigenvalue weighted by atomic mass is 10.1. The summed E-state index contributed by atoms with van der Waals surface area (Å²) in [4.78, 5) is 13.0. The molecule has 0 saturated heterocycles. The van der Waals surface area contributed by atoms with Gasteiger partial charge in [0.25, 0.3) is 0 Å². The van der Waals surface area contributed by atoms with Crippen LogP contribution in [0.2, 0.25) is 0 Å². The van der Waals surface area contributed by atoms with Gasteiger partial charge >= 0.3 is 12.1 Å². The summed E-state index contributed by atoms with van der Waals surface area (Å²) in [6, 6.07) is 10.1. The van der Waals surface area contributed by atoms with E-state index in [0.717, 1.165) is 26.1 Å². The van der Waals surface area contributed by atoms with Gasteiger partial charge in [-0.25, -0.2) is 0 Å². The molecule has 0 saturated carbocycles. The van der Waals surface area contributed by atoms with Crippen LogP contribution in [0.15, 0.2) is 30.3 Å². The molecule has 26 heavy (non-hydrogen) atoms. The van der Waals surface area contributed by atoms with Crippen molar-refractivity contribution >= 4 is 30.7 Å². The van der Waals surface area contributed by atoms with Crippen molar-refractivity contribution in [3.05, 3.63) is 35.9 Å². The monoisotopic (exact) mass is 417 g/mol.